The van der Waals surface area contributed by atoms with Crippen molar-refractivity contribution < 1.29 is 9.59 Å². The number of anilines is 3. The van der Waals surface area contributed by atoms with Gasteiger partial charge in [-0.1, -0.05) is 35.9 Å². The van der Waals surface area contributed by atoms with Crippen LogP contribution in [0, 0.1) is 6.92 Å². The Bertz CT molecular complexity index is 942. The Morgan fingerprint density at radius 2 is 1.28 bits per heavy atom. The Morgan fingerprint density at radius 3 is 1.90 bits per heavy atom. The Hall–Kier alpha value is -3.25. The highest BCUT2D eigenvalue weighted by Gasteiger charge is 2.05. The van der Waals surface area contributed by atoms with Crippen molar-refractivity contribution in [2.24, 2.45) is 0 Å². The standard InChI is InChI=1S/C23H23N3O2S/c1-17-7-13-21(14-8-17)29-16-15-22(27)24-19-9-11-20(12-10-19)26-23(28)25-18-5-3-2-4-6-18/h2-14H,15-16H2,1H3,(H,24,27)(H2,25,26,28). The van der Waals surface area contributed by atoms with Crippen molar-refractivity contribution in [3.05, 3.63) is 84.4 Å². The molecule has 0 aliphatic carbocycles. The molecule has 148 valence electrons. The maximum atomic E-state index is 12.1. The number of para-hydroxylation sites is 1. The summed E-state index contributed by atoms with van der Waals surface area (Å²) >= 11 is 1.66. The molecule has 6 heteroatoms. The smallest absolute Gasteiger partial charge is 0.323 e. The van der Waals surface area contributed by atoms with Crippen LogP contribution in [0.4, 0.5) is 21.9 Å². The number of urea groups is 1. The predicted molar refractivity (Wildman–Crippen MR) is 121 cm³/mol. The van der Waals surface area contributed by atoms with Gasteiger partial charge in [-0.25, -0.2) is 4.79 Å². The Kier molecular flexibility index (Phi) is 7.30. The van der Waals surface area contributed by atoms with Gasteiger partial charge in [-0.15, -0.1) is 11.8 Å². The molecule has 0 aromatic heterocycles. The fourth-order valence-corrected chi connectivity index (χ4v) is 3.42. The topological polar surface area (TPSA) is 70.2 Å². The van der Waals surface area contributed by atoms with E-state index >= 15 is 0 Å². The van der Waals surface area contributed by atoms with E-state index < -0.39 is 0 Å². The lowest BCUT2D eigenvalue weighted by molar-refractivity contribution is -0.115. The molecule has 3 N–H and O–H groups in total. The van der Waals surface area contributed by atoms with Gasteiger partial charge in [-0.2, -0.15) is 0 Å². The van der Waals surface area contributed by atoms with Crippen molar-refractivity contribution in [3.8, 4) is 0 Å². The number of carbonyl (C=O) groups excluding carboxylic acids is 2. The van der Waals surface area contributed by atoms with Crippen LogP contribution in [0.25, 0.3) is 0 Å². The molecule has 0 fully saturated rings. The normalized spacial score (nSPS) is 10.2. The third kappa shape index (κ3) is 7.01. The van der Waals surface area contributed by atoms with Crippen LogP contribution in [0.3, 0.4) is 0 Å². The average Bonchev–Trinajstić information content (AvgIpc) is 2.72. The van der Waals surface area contributed by atoms with E-state index in [1.165, 1.54) is 5.56 Å². The first-order valence-corrected chi connectivity index (χ1v) is 10.3. The second-order valence-electron chi connectivity index (χ2n) is 6.48. The molecule has 5 nitrogen and oxygen atoms in total. The summed E-state index contributed by atoms with van der Waals surface area (Å²) in [5.41, 5.74) is 3.29. The second-order valence-corrected chi connectivity index (χ2v) is 7.65. The minimum absolute atomic E-state index is 0.0351. The number of aryl methyl sites for hydroxylation is 1. The van der Waals surface area contributed by atoms with Crippen molar-refractivity contribution in [1.29, 1.82) is 0 Å². The molecule has 0 atom stereocenters. The lowest BCUT2D eigenvalue weighted by Crippen LogP contribution is -2.19. The molecule has 0 saturated carbocycles. The van der Waals surface area contributed by atoms with Crippen molar-refractivity contribution >= 4 is 40.8 Å². The third-order valence-corrected chi connectivity index (χ3v) is 5.09. The second kappa shape index (κ2) is 10.3. The first-order chi connectivity index (χ1) is 14.1. The molecule has 0 bridgehead atoms. The lowest BCUT2D eigenvalue weighted by atomic mass is 10.2. The van der Waals surface area contributed by atoms with Crippen molar-refractivity contribution in [2.45, 2.75) is 18.2 Å². The minimum Gasteiger partial charge on any atom is -0.326 e. The summed E-state index contributed by atoms with van der Waals surface area (Å²) in [6, 6.07) is 24.2. The molecule has 0 aliphatic heterocycles. The van der Waals surface area contributed by atoms with Gasteiger partial charge in [0.25, 0.3) is 0 Å². The lowest BCUT2D eigenvalue weighted by Gasteiger charge is -2.09. The first kappa shape index (κ1) is 20.5. The molecule has 29 heavy (non-hydrogen) atoms. The number of amides is 3. The van der Waals surface area contributed by atoms with E-state index in [-0.39, 0.29) is 11.9 Å². The summed E-state index contributed by atoms with van der Waals surface area (Å²) in [5, 5.41) is 8.39. The molecular formula is C23H23N3O2S. The Labute approximate surface area is 174 Å². The molecule has 3 aromatic rings. The zero-order valence-corrected chi connectivity index (χ0v) is 17.0. The quantitative estimate of drug-likeness (QED) is 0.438. The number of carbonyl (C=O) groups is 2. The summed E-state index contributed by atoms with van der Waals surface area (Å²) < 4.78 is 0. The number of rotatable bonds is 7. The number of hydrogen-bond donors (Lipinski definition) is 3. The van der Waals surface area contributed by atoms with Crippen LogP contribution >= 0.6 is 11.8 Å². The van der Waals surface area contributed by atoms with Gasteiger partial charge in [-0.3, -0.25) is 4.79 Å². The molecule has 0 heterocycles. The van der Waals surface area contributed by atoms with Gasteiger partial charge in [0.05, 0.1) is 0 Å². The predicted octanol–water partition coefficient (Wildman–Crippen LogP) is 5.76. The van der Waals surface area contributed by atoms with Crippen LogP contribution in [0.1, 0.15) is 12.0 Å². The summed E-state index contributed by atoms with van der Waals surface area (Å²) in [6.45, 7) is 2.05. The van der Waals surface area contributed by atoms with Crippen LogP contribution in [0.15, 0.2) is 83.8 Å². The zero-order chi connectivity index (χ0) is 20.5. The van der Waals surface area contributed by atoms with Gasteiger partial charge in [0.2, 0.25) is 5.91 Å². The summed E-state index contributed by atoms with van der Waals surface area (Å²) in [6.07, 6.45) is 0.429. The summed E-state index contributed by atoms with van der Waals surface area (Å²) in [5.74, 6) is 0.681. The molecule has 0 aliphatic rings. The van der Waals surface area contributed by atoms with E-state index in [0.717, 1.165) is 10.6 Å². The number of benzene rings is 3. The highest BCUT2D eigenvalue weighted by molar-refractivity contribution is 7.99. The molecule has 3 rings (SSSR count). The molecule has 3 amide bonds. The van der Waals surface area contributed by atoms with Crippen molar-refractivity contribution in [2.75, 3.05) is 21.7 Å². The van der Waals surface area contributed by atoms with E-state index in [1.54, 1.807) is 36.0 Å². The molecule has 0 unspecified atom stereocenters. The van der Waals surface area contributed by atoms with Gasteiger partial charge in [0, 0.05) is 34.1 Å². The number of nitrogens with one attached hydrogen (secondary N) is 3. The van der Waals surface area contributed by atoms with Crippen LogP contribution in [0.5, 0.6) is 0 Å². The first-order valence-electron chi connectivity index (χ1n) is 9.31. The van der Waals surface area contributed by atoms with Gasteiger partial charge >= 0.3 is 6.03 Å². The Morgan fingerprint density at radius 1 is 0.724 bits per heavy atom. The molecule has 3 aromatic carbocycles. The Balaban J connectivity index is 1.41. The molecular weight excluding hydrogens is 382 g/mol. The molecule has 0 radical (unpaired) electrons. The number of hydrogen-bond acceptors (Lipinski definition) is 3. The van der Waals surface area contributed by atoms with Gasteiger partial charge in [0.1, 0.15) is 0 Å². The molecule has 0 spiro atoms. The van der Waals surface area contributed by atoms with Crippen molar-refractivity contribution in [3.63, 3.8) is 0 Å². The highest BCUT2D eigenvalue weighted by Crippen LogP contribution is 2.20. The SMILES string of the molecule is Cc1ccc(SCCC(=O)Nc2ccc(NC(=O)Nc3ccccc3)cc2)cc1. The molecule has 0 saturated heterocycles. The van der Waals surface area contributed by atoms with Gasteiger partial charge in [-0.05, 0) is 55.5 Å². The van der Waals surface area contributed by atoms with E-state index in [2.05, 4.69) is 47.1 Å². The summed E-state index contributed by atoms with van der Waals surface area (Å²) in [4.78, 5) is 25.3. The third-order valence-electron chi connectivity index (χ3n) is 4.08. The fourth-order valence-electron chi connectivity index (χ4n) is 2.57. The van der Waals surface area contributed by atoms with Crippen LogP contribution < -0.4 is 16.0 Å². The van der Waals surface area contributed by atoms with Crippen molar-refractivity contribution in [1.82, 2.24) is 0 Å². The van der Waals surface area contributed by atoms with Gasteiger partial charge < -0.3 is 16.0 Å². The minimum atomic E-state index is -0.318. The van der Waals surface area contributed by atoms with E-state index in [1.807, 2.05) is 30.3 Å². The average molecular weight is 406 g/mol. The van der Waals surface area contributed by atoms with Crippen LogP contribution in [0.2, 0.25) is 0 Å². The maximum Gasteiger partial charge on any atom is 0.323 e. The van der Waals surface area contributed by atoms with E-state index in [0.29, 0.717) is 23.5 Å². The zero-order valence-electron chi connectivity index (χ0n) is 16.1. The fraction of sp³-hybridized carbons (Fsp3) is 0.130. The van der Waals surface area contributed by atoms with Crippen LogP contribution in [-0.2, 0) is 4.79 Å². The van der Waals surface area contributed by atoms with E-state index in [4.69, 9.17) is 0 Å². The monoisotopic (exact) mass is 405 g/mol. The van der Waals surface area contributed by atoms with Crippen LogP contribution in [-0.4, -0.2) is 17.7 Å². The van der Waals surface area contributed by atoms with E-state index in [9.17, 15) is 9.59 Å². The summed E-state index contributed by atoms with van der Waals surface area (Å²) in [7, 11) is 0. The largest absolute Gasteiger partial charge is 0.326 e. The van der Waals surface area contributed by atoms with Gasteiger partial charge in [0.15, 0.2) is 0 Å². The maximum absolute atomic E-state index is 12.1. The number of thioether (sulfide) groups is 1. The highest BCUT2D eigenvalue weighted by atomic mass is 32.2.